The molecule has 0 atom stereocenters. The molecule has 108 valence electrons. The van der Waals surface area contributed by atoms with Crippen LogP contribution >= 0.6 is 0 Å². The first kappa shape index (κ1) is 14.7. The maximum Gasteiger partial charge on any atom is 0.270 e. The third-order valence-corrected chi connectivity index (χ3v) is 3.08. The van der Waals surface area contributed by atoms with Crippen molar-refractivity contribution in [2.45, 2.75) is 13.8 Å². The molecule has 0 saturated carbocycles. The molecule has 0 spiro atoms. The van der Waals surface area contributed by atoms with Crippen molar-refractivity contribution >= 4 is 11.5 Å². The largest absolute Gasteiger partial charge is 0.485 e. The van der Waals surface area contributed by atoms with E-state index in [1.54, 1.807) is 6.07 Å². The first-order valence-corrected chi connectivity index (χ1v) is 6.45. The number of Topliss-reactive ketones (excluding diaryl/α,β-unsaturated/α-hetero) is 1. The number of hydrogen-bond donors (Lipinski definition) is 0. The Balaban J connectivity index is 2.10. The Hall–Kier alpha value is -2.69. The lowest BCUT2D eigenvalue weighted by Crippen LogP contribution is -2.12. The van der Waals surface area contributed by atoms with Crippen LogP contribution in [0.4, 0.5) is 5.69 Å². The predicted molar refractivity (Wildman–Crippen MR) is 78.8 cm³/mol. The average Bonchev–Trinajstić information content (AvgIpc) is 2.48. The summed E-state index contributed by atoms with van der Waals surface area (Å²) in [5.41, 5.74) is 2.15. The molecule has 5 nitrogen and oxygen atoms in total. The third kappa shape index (κ3) is 3.66. The van der Waals surface area contributed by atoms with Crippen molar-refractivity contribution in [3.05, 3.63) is 69.3 Å². The number of nitro groups is 1. The molecule has 0 aliphatic rings. The number of aryl methyl sites for hydroxylation is 2. The molecule has 0 radical (unpaired) electrons. The van der Waals surface area contributed by atoms with Gasteiger partial charge in [-0.1, -0.05) is 24.3 Å². The lowest BCUT2D eigenvalue weighted by Gasteiger charge is -2.09. The summed E-state index contributed by atoms with van der Waals surface area (Å²) in [7, 11) is 0. The van der Waals surface area contributed by atoms with E-state index in [4.69, 9.17) is 4.74 Å². The first-order valence-electron chi connectivity index (χ1n) is 6.45. The fraction of sp³-hybridized carbons (Fsp3) is 0.188. The standard InChI is InChI=1S/C16H15NO4/c1-11-6-7-12(2)16(8-11)21-10-15(18)13-4-3-5-14(9-13)17(19)20/h3-9H,10H2,1-2H3. The Bertz CT molecular complexity index is 694. The second-order valence-electron chi connectivity index (χ2n) is 4.79. The molecule has 0 heterocycles. The van der Waals surface area contributed by atoms with E-state index in [-0.39, 0.29) is 23.6 Å². The molecule has 2 rings (SSSR count). The summed E-state index contributed by atoms with van der Waals surface area (Å²) in [5.74, 6) is 0.355. The van der Waals surface area contributed by atoms with Crippen LogP contribution in [0.5, 0.6) is 5.75 Å². The number of benzene rings is 2. The number of ketones is 1. The zero-order chi connectivity index (χ0) is 15.4. The monoisotopic (exact) mass is 285 g/mol. The molecule has 0 unspecified atom stereocenters. The van der Waals surface area contributed by atoms with Crippen molar-refractivity contribution in [3.8, 4) is 5.75 Å². The van der Waals surface area contributed by atoms with Gasteiger partial charge >= 0.3 is 0 Å². The van der Waals surface area contributed by atoms with Gasteiger partial charge in [0.05, 0.1) is 4.92 Å². The molecule has 0 N–H and O–H groups in total. The predicted octanol–water partition coefficient (Wildman–Crippen LogP) is 3.47. The Morgan fingerprint density at radius 1 is 1.19 bits per heavy atom. The number of carbonyl (C=O) groups is 1. The minimum atomic E-state index is -0.525. The average molecular weight is 285 g/mol. The molecule has 0 bridgehead atoms. The van der Waals surface area contributed by atoms with Gasteiger partial charge in [-0.2, -0.15) is 0 Å². The zero-order valence-corrected chi connectivity index (χ0v) is 11.8. The zero-order valence-electron chi connectivity index (χ0n) is 11.8. The van der Waals surface area contributed by atoms with Gasteiger partial charge in [0.2, 0.25) is 0 Å². The quantitative estimate of drug-likeness (QED) is 0.479. The summed E-state index contributed by atoms with van der Waals surface area (Å²) in [5, 5.41) is 10.7. The van der Waals surface area contributed by atoms with E-state index < -0.39 is 4.92 Å². The van der Waals surface area contributed by atoms with Gasteiger partial charge in [0.25, 0.3) is 5.69 Å². The van der Waals surface area contributed by atoms with Crippen LogP contribution < -0.4 is 4.74 Å². The summed E-state index contributed by atoms with van der Waals surface area (Å²) in [6.45, 7) is 3.69. The van der Waals surface area contributed by atoms with Crippen LogP contribution in [0.25, 0.3) is 0 Å². The van der Waals surface area contributed by atoms with Crippen molar-refractivity contribution in [2.24, 2.45) is 0 Å². The van der Waals surface area contributed by atoms with Crippen LogP contribution in [0, 0.1) is 24.0 Å². The molecule has 0 aromatic heterocycles. The Labute approximate surface area is 122 Å². The Kier molecular flexibility index (Phi) is 4.33. The Morgan fingerprint density at radius 3 is 2.67 bits per heavy atom. The molecule has 0 aliphatic heterocycles. The van der Waals surface area contributed by atoms with Crippen LogP contribution in [-0.4, -0.2) is 17.3 Å². The van der Waals surface area contributed by atoms with Gasteiger partial charge in [0.1, 0.15) is 5.75 Å². The lowest BCUT2D eigenvalue weighted by molar-refractivity contribution is -0.384. The van der Waals surface area contributed by atoms with E-state index in [0.717, 1.165) is 11.1 Å². The van der Waals surface area contributed by atoms with E-state index in [1.165, 1.54) is 18.2 Å². The van der Waals surface area contributed by atoms with E-state index >= 15 is 0 Å². The molecule has 0 saturated heterocycles. The van der Waals surface area contributed by atoms with Gasteiger partial charge in [-0.3, -0.25) is 14.9 Å². The van der Waals surface area contributed by atoms with Crippen LogP contribution in [0.2, 0.25) is 0 Å². The molecule has 0 fully saturated rings. The molecular formula is C16H15NO4. The maximum atomic E-state index is 12.0. The highest BCUT2D eigenvalue weighted by atomic mass is 16.6. The molecule has 2 aromatic carbocycles. The number of rotatable bonds is 5. The highest BCUT2D eigenvalue weighted by molar-refractivity contribution is 5.97. The fourth-order valence-electron chi connectivity index (χ4n) is 1.88. The van der Waals surface area contributed by atoms with Crippen LogP contribution in [0.3, 0.4) is 0 Å². The topological polar surface area (TPSA) is 69.4 Å². The Morgan fingerprint density at radius 2 is 1.95 bits per heavy atom. The van der Waals surface area contributed by atoms with Crippen molar-refractivity contribution in [1.29, 1.82) is 0 Å². The third-order valence-electron chi connectivity index (χ3n) is 3.08. The number of hydrogen-bond acceptors (Lipinski definition) is 4. The minimum absolute atomic E-state index is 0.104. The molecule has 21 heavy (non-hydrogen) atoms. The van der Waals surface area contributed by atoms with Gasteiger partial charge in [-0.25, -0.2) is 0 Å². The van der Waals surface area contributed by atoms with Crippen LogP contribution in [-0.2, 0) is 0 Å². The van der Waals surface area contributed by atoms with E-state index in [0.29, 0.717) is 5.75 Å². The molecule has 0 amide bonds. The molecule has 2 aromatic rings. The normalized spacial score (nSPS) is 10.2. The second-order valence-corrected chi connectivity index (χ2v) is 4.79. The number of nitrogens with zero attached hydrogens (tertiary/aromatic N) is 1. The highest BCUT2D eigenvalue weighted by Gasteiger charge is 2.12. The van der Waals surface area contributed by atoms with Gasteiger partial charge in [-0.15, -0.1) is 0 Å². The summed E-state index contributed by atoms with van der Waals surface area (Å²) >= 11 is 0. The van der Waals surface area contributed by atoms with Crippen molar-refractivity contribution in [3.63, 3.8) is 0 Å². The summed E-state index contributed by atoms with van der Waals surface area (Å²) in [4.78, 5) is 22.2. The minimum Gasteiger partial charge on any atom is -0.485 e. The van der Waals surface area contributed by atoms with E-state index in [9.17, 15) is 14.9 Å². The smallest absolute Gasteiger partial charge is 0.270 e. The lowest BCUT2D eigenvalue weighted by atomic mass is 10.1. The van der Waals surface area contributed by atoms with Crippen molar-refractivity contribution in [1.82, 2.24) is 0 Å². The van der Waals surface area contributed by atoms with Crippen molar-refractivity contribution < 1.29 is 14.5 Å². The molecule has 0 aliphatic carbocycles. The van der Waals surface area contributed by atoms with E-state index in [2.05, 4.69) is 0 Å². The number of carbonyl (C=O) groups excluding carboxylic acids is 1. The number of non-ortho nitro benzene ring substituents is 1. The van der Waals surface area contributed by atoms with Crippen molar-refractivity contribution in [2.75, 3.05) is 6.61 Å². The number of nitro benzene ring substituents is 1. The van der Waals surface area contributed by atoms with Gasteiger partial charge in [0, 0.05) is 17.7 Å². The molecular weight excluding hydrogens is 270 g/mol. The number of ether oxygens (including phenoxy) is 1. The van der Waals surface area contributed by atoms with Gasteiger partial charge in [-0.05, 0) is 31.0 Å². The van der Waals surface area contributed by atoms with Crippen LogP contribution in [0.15, 0.2) is 42.5 Å². The summed E-state index contributed by atoms with van der Waals surface area (Å²) in [6.07, 6.45) is 0. The highest BCUT2D eigenvalue weighted by Crippen LogP contribution is 2.20. The molecule has 5 heteroatoms. The first-order chi connectivity index (χ1) is 9.97. The SMILES string of the molecule is Cc1ccc(C)c(OCC(=O)c2cccc([N+](=O)[O-])c2)c1. The summed E-state index contributed by atoms with van der Waals surface area (Å²) in [6, 6.07) is 11.4. The van der Waals surface area contributed by atoms with Crippen LogP contribution in [0.1, 0.15) is 21.5 Å². The van der Waals surface area contributed by atoms with Gasteiger partial charge in [0.15, 0.2) is 12.4 Å². The maximum absolute atomic E-state index is 12.0. The van der Waals surface area contributed by atoms with E-state index in [1.807, 2.05) is 32.0 Å². The second kappa shape index (κ2) is 6.17. The summed E-state index contributed by atoms with van der Waals surface area (Å²) < 4.78 is 5.51. The fourth-order valence-corrected chi connectivity index (χ4v) is 1.88. The van der Waals surface area contributed by atoms with Gasteiger partial charge < -0.3 is 4.74 Å².